The summed E-state index contributed by atoms with van der Waals surface area (Å²) in [6.45, 7) is 4.06. The molecule has 0 aliphatic heterocycles. The molecule has 0 bridgehead atoms. The number of urea groups is 1. The molecule has 2 rings (SSSR count). The van der Waals surface area contributed by atoms with Crippen molar-refractivity contribution < 1.29 is 22.7 Å². The summed E-state index contributed by atoms with van der Waals surface area (Å²) in [6, 6.07) is 10.2. The number of unbranched alkanes of at least 4 members (excludes halogenated alkanes) is 1. The molecule has 2 aromatic rings. The number of sulfonamides is 1. The number of carbonyl (C=O) groups is 2. The quantitative estimate of drug-likeness (QED) is 0.353. The molecular formula is C22H28ClN3O5S. The van der Waals surface area contributed by atoms with E-state index in [4.69, 9.17) is 16.3 Å². The Morgan fingerprint density at radius 1 is 1.06 bits per heavy atom. The van der Waals surface area contributed by atoms with Gasteiger partial charge in [-0.25, -0.2) is 13.2 Å². The van der Waals surface area contributed by atoms with E-state index in [0.29, 0.717) is 30.1 Å². The van der Waals surface area contributed by atoms with Crippen LogP contribution in [0.5, 0.6) is 0 Å². The summed E-state index contributed by atoms with van der Waals surface area (Å²) in [5.74, 6) is -0.664. The molecule has 0 aliphatic rings. The van der Waals surface area contributed by atoms with E-state index in [1.165, 1.54) is 19.2 Å². The summed E-state index contributed by atoms with van der Waals surface area (Å²) in [6.07, 6.45) is 1.27. The van der Waals surface area contributed by atoms with E-state index in [9.17, 15) is 18.0 Å². The van der Waals surface area contributed by atoms with Crippen LogP contribution in [0.25, 0.3) is 0 Å². The van der Waals surface area contributed by atoms with E-state index in [-0.39, 0.29) is 17.3 Å². The number of methoxy groups -OCH3 is 1. The zero-order valence-corrected chi connectivity index (χ0v) is 19.8. The standard InChI is InChI=1S/C22H28ClN3O5S/c1-15-7-11-18(12-8-15)32(29,30)26-19(21(27)31-3)6-4-5-13-24-22(28)25-20-14-17(23)10-9-16(20)2/h7-12,14,19,26H,4-6,13H2,1-3H3,(H2,24,25,28). The molecule has 0 spiro atoms. The van der Waals surface area contributed by atoms with Gasteiger partial charge >= 0.3 is 12.0 Å². The van der Waals surface area contributed by atoms with Crippen LogP contribution in [0.3, 0.4) is 0 Å². The summed E-state index contributed by atoms with van der Waals surface area (Å²) in [5, 5.41) is 5.98. The summed E-state index contributed by atoms with van der Waals surface area (Å²) in [4.78, 5) is 24.2. The number of rotatable bonds is 10. The first kappa shape index (κ1) is 25.6. The fourth-order valence-electron chi connectivity index (χ4n) is 2.91. The van der Waals surface area contributed by atoms with Crippen LogP contribution in [0.2, 0.25) is 5.02 Å². The molecule has 10 heteroatoms. The Kier molecular flexibility index (Phi) is 9.49. The largest absolute Gasteiger partial charge is 0.468 e. The number of amides is 2. The molecule has 2 amide bonds. The fourth-order valence-corrected chi connectivity index (χ4v) is 4.30. The van der Waals surface area contributed by atoms with Crippen molar-refractivity contribution in [1.82, 2.24) is 10.0 Å². The number of carbonyl (C=O) groups excluding carboxylic acids is 2. The van der Waals surface area contributed by atoms with Gasteiger partial charge in [-0.1, -0.05) is 35.4 Å². The Labute approximate surface area is 193 Å². The number of hydrogen-bond donors (Lipinski definition) is 3. The lowest BCUT2D eigenvalue weighted by Crippen LogP contribution is -2.41. The maximum atomic E-state index is 12.6. The van der Waals surface area contributed by atoms with Gasteiger partial charge in [-0.2, -0.15) is 4.72 Å². The molecule has 1 atom stereocenters. The normalized spacial score (nSPS) is 12.1. The molecule has 0 aromatic heterocycles. The molecule has 0 saturated carbocycles. The van der Waals surface area contributed by atoms with Gasteiger partial charge in [0, 0.05) is 17.3 Å². The lowest BCUT2D eigenvalue weighted by molar-refractivity contribution is -0.142. The first-order valence-electron chi connectivity index (χ1n) is 10.1. The molecule has 174 valence electrons. The van der Waals surface area contributed by atoms with Crippen molar-refractivity contribution in [2.24, 2.45) is 0 Å². The van der Waals surface area contributed by atoms with Crippen LogP contribution < -0.4 is 15.4 Å². The second-order valence-corrected chi connectivity index (χ2v) is 9.50. The second-order valence-electron chi connectivity index (χ2n) is 7.35. The predicted octanol–water partition coefficient (Wildman–Crippen LogP) is 3.77. The second kappa shape index (κ2) is 11.8. The number of ether oxygens (including phenoxy) is 1. The maximum Gasteiger partial charge on any atom is 0.323 e. The lowest BCUT2D eigenvalue weighted by Gasteiger charge is -2.17. The highest BCUT2D eigenvalue weighted by Gasteiger charge is 2.26. The van der Waals surface area contributed by atoms with Gasteiger partial charge in [0.05, 0.1) is 12.0 Å². The van der Waals surface area contributed by atoms with Crippen LogP contribution in [0, 0.1) is 13.8 Å². The number of halogens is 1. The van der Waals surface area contributed by atoms with Gasteiger partial charge in [0.1, 0.15) is 6.04 Å². The Morgan fingerprint density at radius 2 is 1.75 bits per heavy atom. The third-order valence-corrected chi connectivity index (χ3v) is 6.49. The van der Waals surface area contributed by atoms with Gasteiger partial charge in [0.2, 0.25) is 10.0 Å². The molecule has 2 aromatic carbocycles. The van der Waals surface area contributed by atoms with Gasteiger partial charge < -0.3 is 15.4 Å². The first-order valence-corrected chi connectivity index (χ1v) is 12.0. The van der Waals surface area contributed by atoms with E-state index in [0.717, 1.165) is 11.1 Å². The maximum absolute atomic E-state index is 12.6. The fraction of sp³-hybridized carbons (Fsp3) is 0.364. The molecule has 0 radical (unpaired) electrons. The number of benzene rings is 2. The van der Waals surface area contributed by atoms with Crippen LogP contribution in [0.1, 0.15) is 30.4 Å². The average Bonchev–Trinajstić information content (AvgIpc) is 2.75. The Hall–Kier alpha value is -2.62. The Balaban J connectivity index is 1.83. The molecule has 1 unspecified atom stereocenters. The molecule has 0 fully saturated rings. The van der Waals surface area contributed by atoms with Crippen LogP contribution >= 0.6 is 11.6 Å². The Morgan fingerprint density at radius 3 is 2.41 bits per heavy atom. The van der Waals surface area contributed by atoms with Crippen molar-refractivity contribution >= 4 is 39.3 Å². The van der Waals surface area contributed by atoms with Gasteiger partial charge in [-0.05, 0) is 62.9 Å². The summed E-state index contributed by atoms with van der Waals surface area (Å²) < 4.78 is 32.3. The number of aryl methyl sites for hydroxylation is 2. The zero-order chi connectivity index (χ0) is 23.7. The minimum Gasteiger partial charge on any atom is -0.468 e. The highest BCUT2D eigenvalue weighted by molar-refractivity contribution is 7.89. The van der Waals surface area contributed by atoms with Gasteiger partial charge in [0.25, 0.3) is 0 Å². The van der Waals surface area contributed by atoms with Gasteiger partial charge in [0.15, 0.2) is 0 Å². The predicted molar refractivity (Wildman–Crippen MR) is 124 cm³/mol. The molecular weight excluding hydrogens is 454 g/mol. The molecule has 0 aliphatic carbocycles. The molecule has 3 N–H and O–H groups in total. The third-order valence-electron chi connectivity index (χ3n) is 4.77. The number of anilines is 1. The van der Waals surface area contributed by atoms with E-state index in [1.807, 2.05) is 19.9 Å². The number of hydrogen-bond acceptors (Lipinski definition) is 5. The van der Waals surface area contributed by atoms with E-state index in [1.54, 1.807) is 24.3 Å². The van der Waals surface area contributed by atoms with Crippen LogP contribution in [-0.4, -0.2) is 40.1 Å². The smallest absolute Gasteiger partial charge is 0.323 e. The Bertz CT molecular complexity index is 1040. The highest BCUT2D eigenvalue weighted by atomic mass is 35.5. The summed E-state index contributed by atoms with van der Waals surface area (Å²) >= 11 is 5.95. The van der Waals surface area contributed by atoms with Crippen molar-refractivity contribution in [3.63, 3.8) is 0 Å². The topological polar surface area (TPSA) is 114 Å². The van der Waals surface area contributed by atoms with Crippen molar-refractivity contribution in [1.29, 1.82) is 0 Å². The third kappa shape index (κ3) is 7.81. The van der Waals surface area contributed by atoms with Crippen molar-refractivity contribution in [2.75, 3.05) is 19.0 Å². The van der Waals surface area contributed by atoms with E-state index >= 15 is 0 Å². The molecule has 0 saturated heterocycles. The zero-order valence-electron chi connectivity index (χ0n) is 18.3. The van der Waals surface area contributed by atoms with E-state index < -0.39 is 22.0 Å². The van der Waals surface area contributed by atoms with Crippen LogP contribution in [0.4, 0.5) is 10.5 Å². The van der Waals surface area contributed by atoms with Gasteiger partial charge in [-0.3, -0.25) is 4.79 Å². The first-order chi connectivity index (χ1) is 15.1. The van der Waals surface area contributed by atoms with Crippen molar-refractivity contribution in [2.45, 2.75) is 44.0 Å². The molecule has 0 heterocycles. The summed E-state index contributed by atoms with van der Waals surface area (Å²) in [5.41, 5.74) is 2.42. The van der Waals surface area contributed by atoms with Crippen molar-refractivity contribution in [3.8, 4) is 0 Å². The lowest BCUT2D eigenvalue weighted by atomic mass is 10.1. The van der Waals surface area contributed by atoms with Crippen LogP contribution in [0.15, 0.2) is 47.4 Å². The number of nitrogens with one attached hydrogen (secondary N) is 3. The summed E-state index contributed by atoms with van der Waals surface area (Å²) in [7, 11) is -2.66. The van der Waals surface area contributed by atoms with E-state index in [2.05, 4.69) is 15.4 Å². The monoisotopic (exact) mass is 481 g/mol. The van der Waals surface area contributed by atoms with Gasteiger partial charge in [-0.15, -0.1) is 0 Å². The average molecular weight is 482 g/mol. The van der Waals surface area contributed by atoms with Crippen LogP contribution in [-0.2, 0) is 19.6 Å². The van der Waals surface area contributed by atoms with Crippen molar-refractivity contribution in [3.05, 3.63) is 58.6 Å². The minimum absolute atomic E-state index is 0.0756. The number of esters is 1. The molecule has 32 heavy (non-hydrogen) atoms. The molecule has 8 nitrogen and oxygen atoms in total. The highest BCUT2D eigenvalue weighted by Crippen LogP contribution is 2.20. The SMILES string of the molecule is COC(=O)C(CCCCNC(=O)Nc1cc(Cl)ccc1C)NS(=O)(=O)c1ccc(C)cc1. The minimum atomic E-state index is -3.87.